The lowest BCUT2D eigenvalue weighted by molar-refractivity contribution is -0.153. The summed E-state index contributed by atoms with van der Waals surface area (Å²) < 4.78 is 37.6. The molecule has 0 aromatic carbocycles. The molecule has 0 aromatic heterocycles. The molecule has 0 bridgehead atoms. The molecule has 2 saturated carbocycles. The summed E-state index contributed by atoms with van der Waals surface area (Å²) in [6.45, 7) is -0.575. The zero-order chi connectivity index (χ0) is 13.2. The van der Waals surface area contributed by atoms with E-state index in [0.29, 0.717) is 6.54 Å². The molecule has 2 fully saturated rings. The van der Waals surface area contributed by atoms with E-state index in [4.69, 9.17) is 0 Å². The summed E-state index contributed by atoms with van der Waals surface area (Å²) in [5.74, 6) is 0. The Kier molecular flexibility index (Phi) is 3.99. The quantitative estimate of drug-likeness (QED) is 0.710. The SMILES string of the molecule is O=CC1(CN(CC(F)(F)F)C2CC2)CCCCC1. The van der Waals surface area contributed by atoms with Gasteiger partial charge in [-0.25, -0.2) is 0 Å². The van der Waals surface area contributed by atoms with Crippen LogP contribution in [0.4, 0.5) is 13.2 Å². The van der Waals surface area contributed by atoms with Crippen molar-refractivity contribution in [1.29, 1.82) is 0 Å². The molecule has 0 spiro atoms. The first-order chi connectivity index (χ1) is 8.44. The van der Waals surface area contributed by atoms with E-state index in [9.17, 15) is 18.0 Å². The van der Waals surface area contributed by atoms with E-state index < -0.39 is 18.1 Å². The molecule has 2 aliphatic carbocycles. The lowest BCUT2D eigenvalue weighted by atomic mass is 9.75. The first-order valence-electron chi connectivity index (χ1n) is 6.71. The molecule has 0 atom stereocenters. The van der Waals surface area contributed by atoms with Gasteiger partial charge in [-0.3, -0.25) is 4.90 Å². The van der Waals surface area contributed by atoms with E-state index in [2.05, 4.69) is 0 Å². The summed E-state index contributed by atoms with van der Waals surface area (Å²) in [6, 6.07) is 0.0466. The van der Waals surface area contributed by atoms with Gasteiger partial charge in [0.05, 0.1) is 6.54 Å². The summed E-state index contributed by atoms with van der Waals surface area (Å²) in [5.41, 5.74) is -0.522. The highest BCUT2D eigenvalue weighted by Gasteiger charge is 2.42. The first-order valence-corrected chi connectivity index (χ1v) is 6.71. The van der Waals surface area contributed by atoms with Crippen molar-refractivity contribution < 1.29 is 18.0 Å². The monoisotopic (exact) mass is 263 g/mol. The van der Waals surface area contributed by atoms with Crippen LogP contribution in [0.1, 0.15) is 44.9 Å². The minimum atomic E-state index is -4.17. The van der Waals surface area contributed by atoms with Crippen molar-refractivity contribution in [3.05, 3.63) is 0 Å². The van der Waals surface area contributed by atoms with Crippen molar-refractivity contribution in [1.82, 2.24) is 4.90 Å². The Hall–Kier alpha value is -0.580. The van der Waals surface area contributed by atoms with Gasteiger partial charge in [0.25, 0.3) is 0 Å². The van der Waals surface area contributed by atoms with Crippen LogP contribution in [0.2, 0.25) is 0 Å². The van der Waals surface area contributed by atoms with Crippen LogP contribution in [0, 0.1) is 5.41 Å². The Morgan fingerprint density at radius 1 is 1.17 bits per heavy atom. The Bertz CT molecular complexity index is 293. The molecule has 0 aliphatic heterocycles. The minimum absolute atomic E-state index is 0.0466. The van der Waals surface area contributed by atoms with Gasteiger partial charge < -0.3 is 4.79 Å². The largest absolute Gasteiger partial charge is 0.401 e. The molecule has 0 aromatic rings. The van der Waals surface area contributed by atoms with Gasteiger partial charge in [0.15, 0.2) is 0 Å². The van der Waals surface area contributed by atoms with Crippen LogP contribution in [0.3, 0.4) is 0 Å². The van der Waals surface area contributed by atoms with Gasteiger partial charge in [0, 0.05) is 18.0 Å². The zero-order valence-electron chi connectivity index (χ0n) is 10.5. The van der Waals surface area contributed by atoms with Crippen molar-refractivity contribution >= 4 is 6.29 Å². The fraction of sp³-hybridized carbons (Fsp3) is 0.923. The van der Waals surface area contributed by atoms with E-state index in [0.717, 1.165) is 51.2 Å². The van der Waals surface area contributed by atoms with Crippen molar-refractivity contribution in [2.45, 2.75) is 57.2 Å². The molecule has 0 unspecified atom stereocenters. The third kappa shape index (κ3) is 3.70. The third-order valence-electron chi connectivity index (χ3n) is 4.06. The number of nitrogens with zero attached hydrogens (tertiary/aromatic N) is 1. The van der Waals surface area contributed by atoms with E-state index in [1.54, 1.807) is 0 Å². The molecule has 2 rings (SSSR count). The van der Waals surface area contributed by atoms with Gasteiger partial charge in [-0.15, -0.1) is 0 Å². The van der Waals surface area contributed by atoms with Crippen molar-refractivity contribution in [3.63, 3.8) is 0 Å². The summed E-state index contributed by atoms with van der Waals surface area (Å²) >= 11 is 0. The lowest BCUT2D eigenvalue weighted by Crippen LogP contribution is -2.45. The van der Waals surface area contributed by atoms with Crippen LogP contribution in [-0.4, -0.2) is 36.5 Å². The number of hydrogen-bond donors (Lipinski definition) is 0. The Labute approximate surface area is 106 Å². The zero-order valence-corrected chi connectivity index (χ0v) is 10.5. The number of carbonyl (C=O) groups is 1. The van der Waals surface area contributed by atoms with Crippen molar-refractivity contribution in [2.75, 3.05) is 13.1 Å². The number of rotatable bonds is 5. The maximum absolute atomic E-state index is 12.5. The fourth-order valence-corrected chi connectivity index (χ4v) is 2.96. The highest BCUT2D eigenvalue weighted by molar-refractivity contribution is 5.60. The molecule has 0 N–H and O–H groups in total. The number of halogens is 3. The maximum atomic E-state index is 12.5. The van der Waals surface area contributed by atoms with Gasteiger partial charge in [-0.1, -0.05) is 19.3 Å². The number of carbonyl (C=O) groups excluding carboxylic acids is 1. The summed E-state index contributed by atoms with van der Waals surface area (Å²) in [5, 5.41) is 0. The second-order valence-corrected chi connectivity index (χ2v) is 5.79. The van der Waals surface area contributed by atoms with Crippen LogP contribution in [0.5, 0.6) is 0 Å². The summed E-state index contributed by atoms with van der Waals surface area (Å²) in [7, 11) is 0. The van der Waals surface area contributed by atoms with Crippen LogP contribution >= 0.6 is 0 Å². The topological polar surface area (TPSA) is 20.3 Å². The first kappa shape index (κ1) is 13.8. The standard InChI is InChI=1S/C13H20F3NO/c14-13(15,16)9-17(11-4-5-11)8-12(10-18)6-2-1-3-7-12/h10-11H,1-9H2. The Balaban J connectivity index is 2.00. The average Bonchev–Trinajstić information content (AvgIpc) is 3.11. The van der Waals surface area contributed by atoms with E-state index in [-0.39, 0.29) is 6.04 Å². The van der Waals surface area contributed by atoms with E-state index >= 15 is 0 Å². The molecule has 2 aliphatic rings. The third-order valence-corrected chi connectivity index (χ3v) is 4.06. The number of alkyl halides is 3. The molecule has 0 amide bonds. The normalized spacial score (nSPS) is 24.2. The second kappa shape index (κ2) is 5.19. The van der Waals surface area contributed by atoms with Gasteiger partial charge in [0.2, 0.25) is 0 Å². The fourth-order valence-electron chi connectivity index (χ4n) is 2.96. The van der Waals surface area contributed by atoms with Gasteiger partial charge >= 0.3 is 6.18 Å². The van der Waals surface area contributed by atoms with Crippen LogP contribution in [0.25, 0.3) is 0 Å². The number of aldehydes is 1. The van der Waals surface area contributed by atoms with Crippen LogP contribution in [-0.2, 0) is 4.79 Å². The van der Waals surface area contributed by atoms with E-state index in [1.807, 2.05) is 0 Å². The Morgan fingerprint density at radius 2 is 1.78 bits per heavy atom. The highest BCUT2D eigenvalue weighted by Crippen LogP contribution is 2.39. The molecule has 0 saturated heterocycles. The maximum Gasteiger partial charge on any atom is 0.401 e. The molecule has 104 valence electrons. The average molecular weight is 263 g/mol. The van der Waals surface area contributed by atoms with Gasteiger partial charge in [-0.2, -0.15) is 13.2 Å². The minimum Gasteiger partial charge on any atom is -0.303 e. The lowest BCUT2D eigenvalue weighted by Gasteiger charge is -2.37. The van der Waals surface area contributed by atoms with Crippen LogP contribution in [0.15, 0.2) is 0 Å². The molecule has 2 nitrogen and oxygen atoms in total. The van der Waals surface area contributed by atoms with Gasteiger partial charge in [0.1, 0.15) is 6.29 Å². The van der Waals surface area contributed by atoms with Crippen LogP contribution < -0.4 is 0 Å². The molecule has 0 radical (unpaired) electrons. The molecule has 0 heterocycles. The van der Waals surface area contributed by atoms with Crippen molar-refractivity contribution in [2.24, 2.45) is 5.41 Å². The summed E-state index contributed by atoms with van der Waals surface area (Å²) in [6.07, 6.45) is 2.94. The smallest absolute Gasteiger partial charge is 0.303 e. The van der Waals surface area contributed by atoms with E-state index in [1.165, 1.54) is 4.90 Å². The number of hydrogen-bond acceptors (Lipinski definition) is 2. The predicted octanol–water partition coefficient (Wildman–Crippen LogP) is 3.16. The van der Waals surface area contributed by atoms with Crippen molar-refractivity contribution in [3.8, 4) is 0 Å². The molecule has 18 heavy (non-hydrogen) atoms. The molecule has 5 heteroatoms. The van der Waals surface area contributed by atoms with Gasteiger partial charge in [-0.05, 0) is 25.7 Å². The summed E-state index contributed by atoms with van der Waals surface area (Å²) in [4.78, 5) is 12.8. The molecular weight excluding hydrogens is 243 g/mol. The molecular formula is C13H20F3NO. The Morgan fingerprint density at radius 3 is 2.22 bits per heavy atom. The predicted molar refractivity (Wildman–Crippen MR) is 62.2 cm³/mol. The second-order valence-electron chi connectivity index (χ2n) is 5.79. The highest BCUT2D eigenvalue weighted by atomic mass is 19.4.